The fourth-order valence-electron chi connectivity index (χ4n) is 0.569. The Balaban J connectivity index is 2.98. The van der Waals surface area contributed by atoms with Crippen LogP contribution in [0, 0.1) is 0 Å². The van der Waals surface area contributed by atoms with Gasteiger partial charge in [0.05, 0.1) is 0 Å². The van der Waals surface area contributed by atoms with Gasteiger partial charge in [0.2, 0.25) is 0 Å². The van der Waals surface area contributed by atoms with Crippen LogP contribution in [0.4, 0.5) is 0 Å². The van der Waals surface area contributed by atoms with E-state index in [1.54, 1.807) is 0 Å². The van der Waals surface area contributed by atoms with Crippen LogP contribution in [-0.4, -0.2) is 15.1 Å². The van der Waals surface area contributed by atoms with Crippen LogP contribution in [0.25, 0.3) is 0 Å². The van der Waals surface area contributed by atoms with E-state index in [-0.39, 0.29) is 0 Å². The summed E-state index contributed by atoms with van der Waals surface area (Å²) in [6, 6.07) is 10.1. The topological polar surface area (TPSA) is 0 Å². The van der Waals surface area contributed by atoms with Gasteiger partial charge in [-0.15, -0.1) is 0 Å². The molecule has 0 spiro atoms. The SMILES string of the molecule is Cl[PH](=[Se])c1ccccc1. The second-order valence-electron chi connectivity index (χ2n) is 1.64. The van der Waals surface area contributed by atoms with Crippen LogP contribution in [0.2, 0.25) is 0 Å². The number of hydrogen-bond acceptors (Lipinski definition) is 0. The first-order valence-electron chi connectivity index (χ1n) is 2.55. The third-order valence-corrected chi connectivity index (χ3v) is 3.93. The molecule has 1 aromatic carbocycles. The Morgan fingerprint density at radius 3 is 2.11 bits per heavy atom. The fraction of sp³-hybridized carbons (Fsp3) is 0. The predicted molar refractivity (Wildman–Crippen MR) is 46.0 cm³/mol. The molecule has 0 fully saturated rings. The van der Waals surface area contributed by atoms with Crippen molar-refractivity contribution in [3.05, 3.63) is 30.3 Å². The fourth-order valence-corrected chi connectivity index (χ4v) is 2.26. The van der Waals surface area contributed by atoms with Gasteiger partial charge in [-0.25, -0.2) is 0 Å². The van der Waals surface area contributed by atoms with Crippen LogP contribution in [0.15, 0.2) is 30.3 Å². The van der Waals surface area contributed by atoms with E-state index in [4.69, 9.17) is 11.2 Å². The second kappa shape index (κ2) is 3.58. The molecule has 0 nitrogen and oxygen atoms in total. The zero-order valence-electron chi connectivity index (χ0n) is 4.67. The standard InChI is InChI=1S/C6H6ClPSe/c7-8(9)6-4-2-1-3-5-6/h1-5,8H. The summed E-state index contributed by atoms with van der Waals surface area (Å²) in [5.41, 5.74) is -0.865. The predicted octanol–water partition coefficient (Wildman–Crippen LogP) is 1.76. The van der Waals surface area contributed by atoms with Gasteiger partial charge in [0.1, 0.15) is 0 Å². The first kappa shape index (κ1) is 7.57. The van der Waals surface area contributed by atoms with Crippen molar-refractivity contribution in [2.24, 2.45) is 0 Å². The van der Waals surface area contributed by atoms with Gasteiger partial charge in [0, 0.05) is 0 Å². The second-order valence-corrected chi connectivity index (χ2v) is 7.99. The summed E-state index contributed by atoms with van der Waals surface area (Å²) in [5.74, 6) is 0. The van der Waals surface area contributed by atoms with E-state index < -0.39 is 5.52 Å². The molecular weight excluding hydrogens is 217 g/mol. The normalized spacial score (nSPS) is 13.0. The van der Waals surface area contributed by atoms with E-state index in [1.807, 2.05) is 30.3 Å². The maximum atomic E-state index is 5.85. The van der Waals surface area contributed by atoms with E-state index >= 15 is 0 Å². The number of benzene rings is 1. The summed E-state index contributed by atoms with van der Waals surface area (Å²) >= 11 is 8.77. The van der Waals surface area contributed by atoms with E-state index in [2.05, 4.69) is 15.1 Å². The molecule has 3 heteroatoms. The number of halogens is 1. The summed E-state index contributed by atoms with van der Waals surface area (Å²) < 4.78 is 0. The molecule has 0 radical (unpaired) electrons. The van der Waals surface area contributed by atoms with Gasteiger partial charge in [-0.1, -0.05) is 0 Å². The van der Waals surface area contributed by atoms with E-state index in [0.29, 0.717) is 0 Å². The van der Waals surface area contributed by atoms with Crippen molar-refractivity contribution in [3.8, 4) is 0 Å². The molecule has 0 aliphatic carbocycles. The van der Waals surface area contributed by atoms with Crippen LogP contribution in [-0.2, 0) is 0 Å². The van der Waals surface area contributed by atoms with Crippen LogP contribution < -0.4 is 5.30 Å². The molecule has 9 heavy (non-hydrogen) atoms. The molecule has 0 aliphatic heterocycles. The van der Waals surface area contributed by atoms with Crippen LogP contribution in [0.1, 0.15) is 0 Å². The Labute approximate surface area is 67.7 Å². The summed E-state index contributed by atoms with van der Waals surface area (Å²) in [6.45, 7) is 0. The summed E-state index contributed by atoms with van der Waals surface area (Å²) in [5, 5.41) is 1.23. The average molecular weight is 224 g/mol. The molecule has 0 heterocycles. The average Bonchev–Trinajstić information content (AvgIpc) is 1.90. The molecular formula is C6H6ClPSe. The first-order chi connectivity index (χ1) is 4.30. The Morgan fingerprint density at radius 2 is 1.78 bits per heavy atom. The van der Waals surface area contributed by atoms with Crippen molar-refractivity contribution in [2.75, 3.05) is 0 Å². The van der Waals surface area contributed by atoms with Crippen molar-refractivity contribution < 1.29 is 0 Å². The van der Waals surface area contributed by atoms with Gasteiger partial charge in [0.25, 0.3) is 0 Å². The molecule has 1 aromatic rings. The minimum absolute atomic E-state index is 0.865. The molecule has 0 aliphatic rings. The number of rotatable bonds is 1. The Bertz CT molecular complexity index is 210. The van der Waals surface area contributed by atoms with Crippen molar-refractivity contribution in [2.45, 2.75) is 0 Å². The Hall–Kier alpha value is 0.459. The van der Waals surface area contributed by atoms with Gasteiger partial charge in [-0.2, -0.15) is 0 Å². The molecule has 1 rings (SSSR count). The van der Waals surface area contributed by atoms with Crippen LogP contribution in [0.5, 0.6) is 0 Å². The van der Waals surface area contributed by atoms with Crippen LogP contribution in [0.3, 0.4) is 0 Å². The van der Waals surface area contributed by atoms with Gasteiger partial charge in [-0.3, -0.25) is 0 Å². The van der Waals surface area contributed by atoms with Gasteiger partial charge in [0.15, 0.2) is 0 Å². The molecule has 0 amide bonds. The molecule has 0 bridgehead atoms. The molecule has 0 saturated heterocycles. The molecule has 1 unspecified atom stereocenters. The summed E-state index contributed by atoms with van der Waals surface area (Å²) in [4.78, 5) is 0. The van der Waals surface area contributed by atoms with E-state index in [9.17, 15) is 0 Å². The molecule has 1 atom stereocenters. The van der Waals surface area contributed by atoms with E-state index in [0.717, 1.165) is 0 Å². The zero-order valence-corrected chi connectivity index (χ0v) is 8.14. The first-order valence-corrected chi connectivity index (χ1v) is 7.54. The van der Waals surface area contributed by atoms with Crippen molar-refractivity contribution in [1.82, 2.24) is 0 Å². The Kier molecular flexibility index (Phi) is 3.01. The number of hydrogen-bond donors (Lipinski definition) is 0. The van der Waals surface area contributed by atoms with E-state index in [1.165, 1.54) is 5.30 Å². The van der Waals surface area contributed by atoms with Crippen LogP contribution >= 0.6 is 16.8 Å². The molecule has 0 N–H and O–H groups in total. The summed E-state index contributed by atoms with van der Waals surface area (Å²) in [7, 11) is 0. The van der Waals surface area contributed by atoms with Gasteiger partial charge in [-0.05, 0) is 0 Å². The van der Waals surface area contributed by atoms with Crippen molar-refractivity contribution in [1.29, 1.82) is 0 Å². The third kappa shape index (κ3) is 2.27. The minimum atomic E-state index is -0.865. The van der Waals surface area contributed by atoms with Gasteiger partial charge < -0.3 is 0 Å². The molecule has 0 saturated carbocycles. The quantitative estimate of drug-likeness (QED) is 0.503. The Morgan fingerprint density at radius 1 is 1.22 bits per heavy atom. The third-order valence-electron chi connectivity index (χ3n) is 1.00. The molecule has 48 valence electrons. The van der Waals surface area contributed by atoms with Gasteiger partial charge >= 0.3 is 67.5 Å². The maximum absolute atomic E-state index is 5.85. The van der Waals surface area contributed by atoms with Crippen molar-refractivity contribution in [3.63, 3.8) is 0 Å². The summed E-state index contributed by atoms with van der Waals surface area (Å²) in [6.07, 6.45) is 0. The van der Waals surface area contributed by atoms with Crippen molar-refractivity contribution >= 4 is 37.2 Å². The zero-order chi connectivity index (χ0) is 6.69. The monoisotopic (exact) mass is 224 g/mol. The molecule has 0 aromatic heterocycles.